The molecule has 0 unspecified atom stereocenters. The predicted octanol–water partition coefficient (Wildman–Crippen LogP) is 3.83. The predicted molar refractivity (Wildman–Crippen MR) is 94.4 cm³/mol. The lowest BCUT2D eigenvalue weighted by Crippen LogP contribution is -1.99. The molecule has 5 nitrogen and oxygen atoms in total. The molecule has 0 spiro atoms. The van der Waals surface area contributed by atoms with Crippen molar-refractivity contribution in [2.75, 3.05) is 26.6 Å². The monoisotopic (exact) mass is 327 g/mol. The number of carbonyl (C=O) groups excluding carboxylic acids is 1. The normalized spacial score (nSPS) is 10.5. The van der Waals surface area contributed by atoms with Crippen LogP contribution in [0, 0.1) is 6.92 Å². The molecule has 2 rings (SSSR count). The number of hydrogen-bond acceptors (Lipinski definition) is 5. The number of allylic oxidation sites excluding steroid dienone is 1. The zero-order chi connectivity index (χ0) is 17.5. The second kappa shape index (κ2) is 8.06. The molecule has 0 saturated heterocycles. The van der Waals surface area contributed by atoms with E-state index in [9.17, 15) is 4.79 Å². The van der Waals surface area contributed by atoms with Crippen LogP contribution in [0.15, 0.2) is 48.7 Å². The van der Waals surface area contributed by atoms with E-state index in [1.807, 2.05) is 25.1 Å². The Labute approximate surface area is 141 Å². The number of aryl methyl sites for hydroxylation is 1. The first-order valence-corrected chi connectivity index (χ1v) is 7.43. The summed E-state index contributed by atoms with van der Waals surface area (Å²) < 4.78 is 15.6. The topological polar surface area (TPSA) is 56.8 Å². The van der Waals surface area contributed by atoms with Crippen LogP contribution in [0.4, 0.5) is 5.69 Å². The average Bonchev–Trinajstić information content (AvgIpc) is 2.62. The van der Waals surface area contributed by atoms with E-state index < -0.39 is 0 Å². The van der Waals surface area contributed by atoms with Gasteiger partial charge in [-0.2, -0.15) is 0 Å². The quantitative estimate of drug-likeness (QED) is 0.619. The first-order valence-electron chi connectivity index (χ1n) is 7.43. The van der Waals surface area contributed by atoms with Crippen molar-refractivity contribution >= 4 is 11.5 Å². The van der Waals surface area contributed by atoms with E-state index in [1.54, 1.807) is 38.6 Å². The van der Waals surface area contributed by atoms with Gasteiger partial charge in [-0.1, -0.05) is 6.07 Å². The van der Waals surface area contributed by atoms with Gasteiger partial charge in [-0.15, -0.1) is 0 Å². The van der Waals surface area contributed by atoms with Crippen molar-refractivity contribution in [3.8, 4) is 17.2 Å². The minimum atomic E-state index is -0.135. The number of carbonyl (C=O) groups is 1. The number of hydrogen-bond donors (Lipinski definition) is 1. The molecule has 0 aliphatic rings. The summed E-state index contributed by atoms with van der Waals surface area (Å²) in [6.07, 6.45) is 3.08. The lowest BCUT2D eigenvalue weighted by molar-refractivity contribution is 0.104. The van der Waals surface area contributed by atoms with Gasteiger partial charge in [-0.05, 0) is 36.8 Å². The largest absolute Gasteiger partial charge is 0.497 e. The summed E-state index contributed by atoms with van der Waals surface area (Å²) in [5.41, 5.74) is 2.46. The van der Waals surface area contributed by atoms with Gasteiger partial charge in [-0.3, -0.25) is 4.79 Å². The van der Waals surface area contributed by atoms with E-state index in [0.29, 0.717) is 17.1 Å². The van der Waals surface area contributed by atoms with Gasteiger partial charge in [0.25, 0.3) is 0 Å². The van der Waals surface area contributed by atoms with Crippen molar-refractivity contribution in [3.63, 3.8) is 0 Å². The van der Waals surface area contributed by atoms with Crippen LogP contribution >= 0.6 is 0 Å². The zero-order valence-corrected chi connectivity index (χ0v) is 14.3. The number of benzene rings is 2. The van der Waals surface area contributed by atoms with Crippen LogP contribution in [-0.2, 0) is 0 Å². The zero-order valence-electron chi connectivity index (χ0n) is 14.3. The number of rotatable bonds is 7. The Morgan fingerprint density at radius 1 is 0.958 bits per heavy atom. The highest BCUT2D eigenvalue weighted by molar-refractivity contribution is 6.05. The van der Waals surface area contributed by atoms with Crippen LogP contribution in [0.2, 0.25) is 0 Å². The van der Waals surface area contributed by atoms with E-state index >= 15 is 0 Å². The molecule has 0 saturated carbocycles. The summed E-state index contributed by atoms with van der Waals surface area (Å²) in [6, 6.07) is 10.8. The Bertz CT molecular complexity index is 753. The van der Waals surface area contributed by atoms with E-state index in [2.05, 4.69) is 5.32 Å². The van der Waals surface area contributed by atoms with E-state index in [-0.39, 0.29) is 5.78 Å². The molecule has 2 aromatic rings. The van der Waals surface area contributed by atoms with Crippen molar-refractivity contribution in [1.29, 1.82) is 0 Å². The van der Waals surface area contributed by atoms with Gasteiger partial charge in [0, 0.05) is 29.6 Å². The SMILES string of the molecule is COc1ccc(C)c(NC=CC(=O)c2ccc(OC)c(OC)c2)c1. The molecule has 24 heavy (non-hydrogen) atoms. The molecule has 0 amide bonds. The van der Waals surface area contributed by atoms with Crippen molar-refractivity contribution < 1.29 is 19.0 Å². The van der Waals surface area contributed by atoms with Gasteiger partial charge in [0.15, 0.2) is 17.3 Å². The number of methoxy groups -OCH3 is 3. The van der Waals surface area contributed by atoms with Gasteiger partial charge in [0.1, 0.15) is 5.75 Å². The smallest absolute Gasteiger partial charge is 0.187 e. The highest BCUT2D eigenvalue weighted by Crippen LogP contribution is 2.28. The third-order valence-electron chi connectivity index (χ3n) is 3.59. The summed E-state index contributed by atoms with van der Waals surface area (Å²) in [7, 11) is 4.71. The summed E-state index contributed by atoms with van der Waals surface area (Å²) in [6.45, 7) is 1.98. The Hall–Kier alpha value is -2.95. The van der Waals surface area contributed by atoms with Crippen molar-refractivity contribution in [2.24, 2.45) is 0 Å². The molecule has 0 bridgehead atoms. The fourth-order valence-corrected chi connectivity index (χ4v) is 2.18. The van der Waals surface area contributed by atoms with Crippen LogP contribution in [-0.4, -0.2) is 27.1 Å². The third kappa shape index (κ3) is 4.07. The van der Waals surface area contributed by atoms with E-state index in [4.69, 9.17) is 14.2 Å². The summed E-state index contributed by atoms with van der Waals surface area (Å²) in [5, 5.41) is 3.10. The Morgan fingerprint density at radius 2 is 1.71 bits per heavy atom. The van der Waals surface area contributed by atoms with Crippen LogP contribution in [0.3, 0.4) is 0 Å². The average molecular weight is 327 g/mol. The maximum atomic E-state index is 12.3. The molecule has 0 fully saturated rings. The number of ether oxygens (including phenoxy) is 3. The second-order valence-corrected chi connectivity index (χ2v) is 5.09. The van der Waals surface area contributed by atoms with Gasteiger partial charge >= 0.3 is 0 Å². The van der Waals surface area contributed by atoms with Gasteiger partial charge in [0.2, 0.25) is 0 Å². The van der Waals surface area contributed by atoms with Crippen molar-refractivity contribution in [1.82, 2.24) is 0 Å². The maximum absolute atomic E-state index is 12.3. The van der Waals surface area contributed by atoms with Crippen LogP contribution < -0.4 is 19.5 Å². The number of nitrogens with one attached hydrogen (secondary N) is 1. The Kier molecular flexibility index (Phi) is 5.84. The van der Waals surface area contributed by atoms with Gasteiger partial charge in [0.05, 0.1) is 21.3 Å². The molecule has 0 atom stereocenters. The van der Waals surface area contributed by atoms with Crippen LogP contribution in [0.5, 0.6) is 17.2 Å². The second-order valence-electron chi connectivity index (χ2n) is 5.09. The molecule has 0 aromatic heterocycles. The van der Waals surface area contributed by atoms with Gasteiger partial charge in [-0.25, -0.2) is 0 Å². The fourth-order valence-electron chi connectivity index (χ4n) is 2.18. The molecule has 0 aliphatic carbocycles. The minimum absolute atomic E-state index is 0.135. The highest BCUT2D eigenvalue weighted by atomic mass is 16.5. The maximum Gasteiger partial charge on any atom is 0.187 e. The molecule has 1 N–H and O–H groups in total. The minimum Gasteiger partial charge on any atom is -0.497 e. The Balaban J connectivity index is 2.11. The van der Waals surface area contributed by atoms with E-state index in [0.717, 1.165) is 17.0 Å². The van der Waals surface area contributed by atoms with Crippen molar-refractivity contribution in [3.05, 3.63) is 59.8 Å². The highest BCUT2D eigenvalue weighted by Gasteiger charge is 2.08. The lowest BCUT2D eigenvalue weighted by atomic mass is 10.1. The molecule has 0 aliphatic heterocycles. The number of anilines is 1. The Morgan fingerprint density at radius 3 is 2.38 bits per heavy atom. The summed E-state index contributed by atoms with van der Waals surface area (Å²) in [4.78, 5) is 12.3. The van der Waals surface area contributed by atoms with Crippen molar-refractivity contribution in [2.45, 2.75) is 6.92 Å². The standard InChI is InChI=1S/C19H21NO4/c1-13-5-7-15(22-2)12-16(13)20-10-9-17(21)14-6-8-18(23-3)19(11-14)24-4/h5-12,20H,1-4H3. The summed E-state index contributed by atoms with van der Waals surface area (Å²) >= 11 is 0. The fraction of sp³-hybridized carbons (Fsp3) is 0.211. The lowest BCUT2D eigenvalue weighted by Gasteiger charge is -2.09. The molecular formula is C19H21NO4. The number of ketones is 1. The summed E-state index contributed by atoms with van der Waals surface area (Å²) in [5.74, 6) is 1.73. The van der Waals surface area contributed by atoms with Crippen LogP contribution in [0.1, 0.15) is 15.9 Å². The molecule has 5 heteroatoms. The van der Waals surface area contributed by atoms with Gasteiger partial charge < -0.3 is 19.5 Å². The first kappa shape index (κ1) is 17.4. The molecule has 2 aromatic carbocycles. The molecule has 0 radical (unpaired) electrons. The molecule has 126 valence electrons. The first-order chi connectivity index (χ1) is 11.6. The third-order valence-corrected chi connectivity index (χ3v) is 3.59. The van der Waals surface area contributed by atoms with E-state index in [1.165, 1.54) is 13.2 Å². The molecular weight excluding hydrogens is 306 g/mol. The van der Waals surface area contributed by atoms with Crippen LogP contribution in [0.25, 0.3) is 0 Å². The molecule has 0 heterocycles.